The van der Waals surface area contributed by atoms with Gasteiger partial charge in [-0.25, -0.2) is 0 Å². The fraction of sp³-hybridized carbons (Fsp3) is 0.385. The maximum absolute atomic E-state index is 11.7. The minimum atomic E-state index is 0.0455. The Balaban J connectivity index is 1.76. The number of likely N-dealkylation sites (tertiary alicyclic amines) is 1. The Labute approximate surface area is 101 Å². The van der Waals surface area contributed by atoms with Crippen molar-refractivity contribution < 1.29 is 9.59 Å². The summed E-state index contributed by atoms with van der Waals surface area (Å²) in [4.78, 5) is 24.6. The number of amides is 1. The zero-order chi connectivity index (χ0) is 12.1. The zero-order valence-corrected chi connectivity index (χ0v) is 9.69. The van der Waals surface area contributed by atoms with E-state index >= 15 is 0 Å². The molecule has 0 radical (unpaired) electrons. The average Bonchev–Trinajstić information content (AvgIpc) is 2.74. The predicted octanol–water partition coefficient (Wildman–Crippen LogP) is 1.29. The summed E-state index contributed by atoms with van der Waals surface area (Å²) in [6.45, 7) is 1.22. The number of ketones is 1. The smallest absolute Gasteiger partial charge is 0.223 e. The first kappa shape index (κ1) is 11.6. The van der Waals surface area contributed by atoms with Crippen molar-refractivity contribution in [3.05, 3.63) is 30.3 Å². The van der Waals surface area contributed by atoms with E-state index in [4.69, 9.17) is 0 Å². The largest absolute Gasteiger partial charge is 0.378 e. The standard InChI is InChI=1S/C13H16N2O2/c16-12(10-15-8-4-7-13(15)17)9-14-11-5-2-1-3-6-11/h1-3,5-6,14H,4,7-10H2. The number of anilines is 1. The van der Waals surface area contributed by atoms with Gasteiger partial charge in [0.05, 0.1) is 13.1 Å². The summed E-state index contributed by atoms with van der Waals surface area (Å²) in [5.41, 5.74) is 0.925. The summed E-state index contributed by atoms with van der Waals surface area (Å²) in [6, 6.07) is 9.58. The number of Topliss-reactive ketones (excluding diaryl/α,β-unsaturated/α-hetero) is 1. The molecule has 1 aromatic carbocycles. The third-order valence-electron chi connectivity index (χ3n) is 2.80. The van der Waals surface area contributed by atoms with Crippen LogP contribution >= 0.6 is 0 Å². The molecule has 90 valence electrons. The van der Waals surface area contributed by atoms with Crippen molar-refractivity contribution >= 4 is 17.4 Å². The molecular formula is C13H16N2O2. The Hall–Kier alpha value is -1.84. The van der Waals surface area contributed by atoms with Crippen molar-refractivity contribution in [3.63, 3.8) is 0 Å². The van der Waals surface area contributed by atoms with Gasteiger partial charge in [0.25, 0.3) is 0 Å². The van der Waals surface area contributed by atoms with Crippen molar-refractivity contribution in [2.75, 3.05) is 25.0 Å². The van der Waals surface area contributed by atoms with Crippen LogP contribution < -0.4 is 5.32 Å². The molecule has 1 amide bonds. The highest BCUT2D eigenvalue weighted by molar-refractivity contribution is 5.89. The van der Waals surface area contributed by atoms with E-state index in [1.54, 1.807) is 4.90 Å². The van der Waals surface area contributed by atoms with Crippen molar-refractivity contribution in [1.29, 1.82) is 0 Å². The van der Waals surface area contributed by atoms with Crippen LogP contribution in [0.4, 0.5) is 5.69 Å². The number of hydrogen-bond acceptors (Lipinski definition) is 3. The second kappa shape index (κ2) is 5.48. The summed E-state index contributed by atoms with van der Waals surface area (Å²) < 4.78 is 0. The molecule has 4 nitrogen and oxygen atoms in total. The van der Waals surface area contributed by atoms with Gasteiger partial charge in [0.2, 0.25) is 5.91 Å². The van der Waals surface area contributed by atoms with E-state index in [1.807, 2.05) is 30.3 Å². The van der Waals surface area contributed by atoms with Gasteiger partial charge < -0.3 is 10.2 Å². The van der Waals surface area contributed by atoms with Crippen molar-refractivity contribution in [2.45, 2.75) is 12.8 Å². The van der Waals surface area contributed by atoms with Crippen LogP contribution in [0.3, 0.4) is 0 Å². The van der Waals surface area contributed by atoms with Gasteiger partial charge >= 0.3 is 0 Å². The molecule has 0 unspecified atom stereocenters. The lowest BCUT2D eigenvalue weighted by Crippen LogP contribution is -2.33. The van der Waals surface area contributed by atoms with Gasteiger partial charge in [0.15, 0.2) is 5.78 Å². The minimum absolute atomic E-state index is 0.0455. The molecule has 0 bridgehead atoms. The molecule has 1 aliphatic heterocycles. The Morgan fingerprint density at radius 1 is 1.29 bits per heavy atom. The number of nitrogens with zero attached hydrogens (tertiary/aromatic N) is 1. The van der Waals surface area contributed by atoms with Crippen LogP contribution in [0.2, 0.25) is 0 Å². The van der Waals surface area contributed by atoms with E-state index in [9.17, 15) is 9.59 Å². The van der Waals surface area contributed by atoms with Gasteiger partial charge in [-0.1, -0.05) is 18.2 Å². The Morgan fingerprint density at radius 3 is 2.71 bits per heavy atom. The average molecular weight is 232 g/mol. The molecule has 1 heterocycles. The SMILES string of the molecule is O=C(CNc1ccccc1)CN1CCCC1=O. The molecule has 0 atom stereocenters. The van der Waals surface area contributed by atoms with E-state index in [0.717, 1.165) is 18.7 Å². The highest BCUT2D eigenvalue weighted by Gasteiger charge is 2.21. The Kier molecular flexibility index (Phi) is 3.75. The fourth-order valence-corrected chi connectivity index (χ4v) is 1.90. The first-order chi connectivity index (χ1) is 8.25. The third-order valence-corrected chi connectivity index (χ3v) is 2.80. The van der Waals surface area contributed by atoms with E-state index in [0.29, 0.717) is 6.42 Å². The number of nitrogens with one attached hydrogen (secondary N) is 1. The van der Waals surface area contributed by atoms with Crippen LogP contribution in [0.5, 0.6) is 0 Å². The van der Waals surface area contributed by atoms with E-state index < -0.39 is 0 Å². The van der Waals surface area contributed by atoms with E-state index in [1.165, 1.54) is 0 Å². The van der Waals surface area contributed by atoms with Crippen LogP contribution in [0.25, 0.3) is 0 Å². The number of benzene rings is 1. The molecule has 1 saturated heterocycles. The minimum Gasteiger partial charge on any atom is -0.378 e. The molecule has 0 aliphatic carbocycles. The zero-order valence-electron chi connectivity index (χ0n) is 9.69. The molecular weight excluding hydrogens is 216 g/mol. The van der Waals surface area contributed by atoms with Crippen molar-refractivity contribution in [3.8, 4) is 0 Å². The van der Waals surface area contributed by atoms with Crippen LogP contribution in [-0.2, 0) is 9.59 Å². The summed E-state index contributed by atoms with van der Waals surface area (Å²) in [6.07, 6.45) is 1.46. The Bertz CT molecular complexity index is 403. The summed E-state index contributed by atoms with van der Waals surface area (Å²) in [5, 5.41) is 3.05. The lowest BCUT2D eigenvalue weighted by Gasteiger charge is -2.14. The van der Waals surface area contributed by atoms with Gasteiger partial charge in [-0.3, -0.25) is 9.59 Å². The summed E-state index contributed by atoms with van der Waals surface area (Å²) >= 11 is 0. The van der Waals surface area contributed by atoms with Crippen LogP contribution in [0.1, 0.15) is 12.8 Å². The van der Waals surface area contributed by atoms with Crippen LogP contribution in [0, 0.1) is 0 Å². The number of carbonyl (C=O) groups is 2. The quantitative estimate of drug-likeness (QED) is 0.832. The van der Waals surface area contributed by atoms with Gasteiger partial charge in [-0.2, -0.15) is 0 Å². The van der Waals surface area contributed by atoms with Crippen molar-refractivity contribution in [2.24, 2.45) is 0 Å². The maximum Gasteiger partial charge on any atom is 0.223 e. The van der Waals surface area contributed by atoms with E-state index in [-0.39, 0.29) is 24.8 Å². The van der Waals surface area contributed by atoms with Crippen LogP contribution in [0.15, 0.2) is 30.3 Å². The molecule has 0 spiro atoms. The molecule has 0 saturated carbocycles. The molecule has 17 heavy (non-hydrogen) atoms. The lowest BCUT2D eigenvalue weighted by atomic mass is 10.3. The first-order valence-electron chi connectivity index (χ1n) is 5.84. The molecule has 1 fully saturated rings. The lowest BCUT2D eigenvalue weighted by molar-refractivity contribution is -0.131. The van der Waals surface area contributed by atoms with Gasteiger partial charge in [-0.15, -0.1) is 0 Å². The number of rotatable bonds is 5. The summed E-state index contributed by atoms with van der Waals surface area (Å²) in [7, 11) is 0. The normalized spacial score (nSPS) is 15.1. The number of carbonyl (C=O) groups excluding carboxylic acids is 2. The molecule has 1 aliphatic rings. The Morgan fingerprint density at radius 2 is 2.06 bits per heavy atom. The third kappa shape index (κ3) is 3.31. The van der Waals surface area contributed by atoms with Gasteiger partial charge in [0.1, 0.15) is 0 Å². The summed E-state index contributed by atoms with van der Waals surface area (Å²) in [5.74, 6) is 0.141. The maximum atomic E-state index is 11.7. The highest BCUT2D eigenvalue weighted by atomic mass is 16.2. The molecule has 1 aromatic rings. The molecule has 1 N–H and O–H groups in total. The number of para-hydroxylation sites is 1. The van der Waals surface area contributed by atoms with Gasteiger partial charge in [-0.05, 0) is 18.6 Å². The second-order valence-corrected chi connectivity index (χ2v) is 4.18. The topological polar surface area (TPSA) is 49.4 Å². The van der Waals surface area contributed by atoms with Crippen LogP contribution in [-0.4, -0.2) is 36.2 Å². The van der Waals surface area contributed by atoms with E-state index in [2.05, 4.69) is 5.32 Å². The second-order valence-electron chi connectivity index (χ2n) is 4.18. The van der Waals surface area contributed by atoms with Gasteiger partial charge in [0, 0.05) is 18.7 Å². The first-order valence-corrected chi connectivity index (χ1v) is 5.84. The molecule has 0 aromatic heterocycles. The fourth-order valence-electron chi connectivity index (χ4n) is 1.90. The van der Waals surface area contributed by atoms with Crippen molar-refractivity contribution in [1.82, 2.24) is 4.90 Å². The number of hydrogen-bond donors (Lipinski definition) is 1. The molecule has 2 rings (SSSR count). The monoisotopic (exact) mass is 232 g/mol. The predicted molar refractivity (Wildman–Crippen MR) is 65.8 cm³/mol. The molecule has 4 heteroatoms. The highest BCUT2D eigenvalue weighted by Crippen LogP contribution is 2.09.